The largest absolute Gasteiger partial charge is 0.354 e. The number of carbonyl (C=O) groups excluding carboxylic acids is 1. The number of hydrogen-bond donors (Lipinski definition) is 1. The van der Waals surface area contributed by atoms with E-state index in [1.54, 1.807) is 12.3 Å². The minimum absolute atomic E-state index is 0.311. The van der Waals surface area contributed by atoms with Gasteiger partial charge >= 0.3 is 0 Å². The number of aromatic nitrogens is 2. The molecule has 5 nitrogen and oxygen atoms in total. The van der Waals surface area contributed by atoms with E-state index in [9.17, 15) is 4.79 Å². The van der Waals surface area contributed by atoms with Crippen LogP contribution in [0, 0.1) is 0 Å². The van der Waals surface area contributed by atoms with Crippen molar-refractivity contribution in [3.05, 3.63) is 40.1 Å². The molecular weight excluding hydrogens is 367 g/mol. The van der Waals surface area contributed by atoms with Crippen molar-refractivity contribution in [2.45, 2.75) is 16.3 Å². The molecule has 1 aliphatic heterocycles. The zero-order chi connectivity index (χ0) is 16.9. The summed E-state index contributed by atoms with van der Waals surface area (Å²) in [5.74, 6) is 0.724. The number of carbonyl (C=O) groups is 1. The van der Waals surface area contributed by atoms with E-state index in [1.165, 1.54) is 11.8 Å². The maximum atomic E-state index is 11.5. The van der Waals surface area contributed by atoms with Crippen LogP contribution in [0.1, 0.15) is 16.9 Å². The number of anilines is 1. The van der Waals surface area contributed by atoms with Crippen molar-refractivity contribution in [3.63, 3.8) is 0 Å². The fraction of sp³-hybridized carbons (Fsp3) is 0.312. The smallest absolute Gasteiger partial charge is 0.171 e. The van der Waals surface area contributed by atoms with Crippen molar-refractivity contribution < 1.29 is 4.79 Å². The summed E-state index contributed by atoms with van der Waals surface area (Å²) in [5.41, 5.74) is 0.311. The standard InChI is InChI=1S/C16H16Cl2N4OS/c17-11-3-1-4-13(15(11)18)24-16-12(10-23)21-14(9-20-16)22-7-2-5-19-6-8-22/h1,3-4,9-10,19H,2,5-8H2. The minimum Gasteiger partial charge on any atom is -0.354 e. The molecule has 2 aromatic rings. The molecule has 0 amide bonds. The Morgan fingerprint density at radius 1 is 1.25 bits per heavy atom. The summed E-state index contributed by atoms with van der Waals surface area (Å²) in [5, 5.41) is 4.78. The van der Waals surface area contributed by atoms with Gasteiger partial charge in [-0.25, -0.2) is 9.97 Å². The number of hydrogen-bond acceptors (Lipinski definition) is 6. The second-order valence-corrected chi connectivity index (χ2v) is 7.10. The molecule has 1 aromatic carbocycles. The van der Waals surface area contributed by atoms with E-state index in [-0.39, 0.29) is 0 Å². The molecule has 0 spiro atoms. The first-order valence-corrected chi connectivity index (χ1v) is 9.16. The first kappa shape index (κ1) is 17.5. The van der Waals surface area contributed by atoms with Crippen molar-refractivity contribution in [1.29, 1.82) is 0 Å². The van der Waals surface area contributed by atoms with Crippen LogP contribution in [-0.4, -0.2) is 42.4 Å². The maximum absolute atomic E-state index is 11.5. The fourth-order valence-corrected chi connectivity index (χ4v) is 3.76. The number of nitrogens with zero attached hydrogens (tertiary/aromatic N) is 3. The molecular formula is C16H16Cl2N4OS. The van der Waals surface area contributed by atoms with Crippen molar-refractivity contribution >= 4 is 47.1 Å². The van der Waals surface area contributed by atoms with Gasteiger partial charge in [0, 0.05) is 24.5 Å². The molecule has 0 bridgehead atoms. The van der Waals surface area contributed by atoms with Crippen LogP contribution in [0.5, 0.6) is 0 Å². The zero-order valence-corrected chi connectivity index (χ0v) is 15.2. The number of aldehydes is 1. The van der Waals surface area contributed by atoms with E-state index < -0.39 is 0 Å². The molecule has 1 aromatic heterocycles. The summed E-state index contributed by atoms with van der Waals surface area (Å²) in [6.45, 7) is 3.63. The zero-order valence-electron chi connectivity index (χ0n) is 12.8. The van der Waals surface area contributed by atoms with Crippen LogP contribution in [0.4, 0.5) is 5.82 Å². The van der Waals surface area contributed by atoms with Crippen molar-refractivity contribution in [3.8, 4) is 0 Å². The fourth-order valence-electron chi connectivity index (χ4n) is 2.43. The van der Waals surface area contributed by atoms with Gasteiger partial charge in [0.25, 0.3) is 0 Å². The highest BCUT2D eigenvalue weighted by atomic mass is 35.5. The summed E-state index contributed by atoms with van der Waals surface area (Å²) in [4.78, 5) is 23.3. The molecule has 1 aliphatic rings. The van der Waals surface area contributed by atoms with Gasteiger partial charge in [-0.3, -0.25) is 4.79 Å². The molecule has 0 saturated carbocycles. The predicted molar refractivity (Wildman–Crippen MR) is 97.7 cm³/mol. The summed E-state index contributed by atoms with van der Waals surface area (Å²) in [6, 6.07) is 5.36. The highest BCUT2D eigenvalue weighted by Crippen LogP contribution is 2.37. The highest BCUT2D eigenvalue weighted by molar-refractivity contribution is 7.99. The normalized spacial score (nSPS) is 15.2. The van der Waals surface area contributed by atoms with Crippen LogP contribution < -0.4 is 10.2 Å². The molecule has 2 heterocycles. The van der Waals surface area contributed by atoms with Gasteiger partial charge in [0.2, 0.25) is 0 Å². The van der Waals surface area contributed by atoms with Crippen LogP contribution in [0.15, 0.2) is 34.3 Å². The van der Waals surface area contributed by atoms with Gasteiger partial charge in [0.05, 0.1) is 16.2 Å². The molecule has 0 unspecified atom stereocenters. The SMILES string of the molecule is O=Cc1nc(N2CCCNCC2)cnc1Sc1cccc(Cl)c1Cl. The summed E-state index contributed by atoms with van der Waals surface area (Å²) in [6.07, 6.45) is 3.47. The molecule has 1 fully saturated rings. The maximum Gasteiger partial charge on any atom is 0.171 e. The van der Waals surface area contributed by atoms with E-state index in [0.29, 0.717) is 20.8 Å². The molecule has 8 heteroatoms. The van der Waals surface area contributed by atoms with Crippen LogP contribution in [0.25, 0.3) is 0 Å². The monoisotopic (exact) mass is 382 g/mol. The van der Waals surface area contributed by atoms with Gasteiger partial charge in [-0.15, -0.1) is 0 Å². The van der Waals surface area contributed by atoms with Gasteiger partial charge in [0.15, 0.2) is 6.29 Å². The minimum atomic E-state index is 0.311. The lowest BCUT2D eigenvalue weighted by Crippen LogP contribution is -2.29. The Hall–Kier alpha value is -1.34. The third-order valence-electron chi connectivity index (χ3n) is 3.65. The van der Waals surface area contributed by atoms with Gasteiger partial charge in [-0.2, -0.15) is 0 Å². The van der Waals surface area contributed by atoms with E-state index in [2.05, 4.69) is 20.2 Å². The first-order chi connectivity index (χ1) is 11.7. The molecule has 0 radical (unpaired) electrons. The van der Waals surface area contributed by atoms with E-state index in [4.69, 9.17) is 23.2 Å². The number of benzene rings is 1. The van der Waals surface area contributed by atoms with Gasteiger partial charge in [0.1, 0.15) is 16.5 Å². The summed E-state index contributed by atoms with van der Waals surface area (Å²) < 4.78 is 0. The Kier molecular flexibility index (Phi) is 5.94. The van der Waals surface area contributed by atoms with Crippen LogP contribution in [0.3, 0.4) is 0 Å². The van der Waals surface area contributed by atoms with E-state index >= 15 is 0 Å². The van der Waals surface area contributed by atoms with Crippen LogP contribution >= 0.6 is 35.0 Å². The van der Waals surface area contributed by atoms with Crippen LogP contribution in [-0.2, 0) is 0 Å². The van der Waals surface area contributed by atoms with E-state index in [1.807, 2.05) is 12.1 Å². The number of nitrogens with one attached hydrogen (secondary N) is 1. The van der Waals surface area contributed by atoms with Crippen molar-refractivity contribution in [1.82, 2.24) is 15.3 Å². The molecule has 1 N–H and O–H groups in total. The topological polar surface area (TPSA) is 58.1 Å². The van der Waals surface area contributed by atoms with Crippen molar-refractivity contribution in [2.24, 2.45) is 0 Å². The quantitative estimate of drug-likeness (QED) is 0.815. The Labute approximate surface area is 154 Å². The van der Waals surface area contributed by atoms with Gasteiger partial charge < -0.3 is 10.2 Å². The van der Waals surface area contributed by atoms with Crippen LogP contribution in [0.2, 0.25) is 10.0 Å². The lowest BCUT2D eigenvalue weighted by Gasteiger charge is -2.21. The molecule has 24 heavy (non-hydrogen) atoms. The summed E-state index contributed by atoms with van der Waals surface area (Å²) >= 11 is 13.5. The van der Waals surface area contributed by atoms with Gasteiger partial charge in [-0.05, 0) is 25.1 Å². The third-order valence-corrected chi connectivity index (χ3v) is 5.65. The highest BCUT2D eigenvalue weighted by Gasteiger charge is 2.16. The molecule has 0 atom stereocenters. The van der Waals surface area contributed by atoms with Gasteiger partial charge in [-0.1, -0.05) is 41.0 Å². The van der Waals surface area contributed by atoms with E-state index in [0.717, 1.165) is 49.6 Å². The lowest BCUT2D eigenvalue weighted by atomic mass is 10.4. The second-order valence-electron chi connectivity index (χ2n) is 5.28. The average molecular weight is 383 g/mol. The Balaban J connectivity index is 1.86. The molecule has 0 aliphatic carbocycles. The third kappa shape index (κ3) is 4.00. The summed E-state index contributed by atoms with van der Waals surface area (Å²) in [7, 11) is 0. The number of rotatable bonds is 4. The average Bonchev–Trinajstić information content (AvgIpc) is 2.88. The Morgan fingerprint density at radius 3 is 2.96 bits per heavy atom. The second kappa shape index (κ2) is 8.16. The Morgan fingerprint density at radius 2 is 2.12 bits per heavy atom. The predicted octanol–water partition coefficient (Wildman–Crippen LogP) is 3.55. The molecule has 126 valence electrons. The van der Waals surface area contributed by atoms with Crippen molar-refractivity contribution in [2.75, 3.05) is 31.1 Å². The Bertz CT molecular complexity index is 736. The number of halogens is 2. The molecule has 3 rings (SSSR count). The first-order valence-electron chi connectivity index (χ1n) is 7.59. The lowest BCUT2D eigenvalue weighted by molar-refractivity contribution is 0.111. The molecule has 1 saturated heterocycles.